The van der Waals surface area contributed by atoms with Crippen molar-refractivity contribution in [3.8, 4) is 0 Å². The van der Waals surface area contributed by atoms with Gasteiger partial charge in [-0.05, 0) is 12.3 Å². The fourth-order valence-electron chi connectivity index (χ4n) is 0.250. The smallest absolute Gasteiger partial charge is 0 e. The van der Waals surface area contributed by atoms with Gasteiger partial charge >= 0.3 is 0 Å². The van der Waals surface area contributed by atoms with E-state index < -0.39 is 0 Å². The van der Waals surface area contributed by atoms with Crippen molar-refractivity contribution in [3.05, 3.63) is 0 Å². The molecule has 0 rings (SSSR count). The maximum Gasteiger partial charge on any atom is 0 e. The first-order valence-corrected chi connectivity index (χ1v) is 4.60. The van der Waals surface area contributed by atoms with Gasteiger partial charge in [-0.25, -0.2) is 0 Å². The molecule has 3 radical (unpaired) electrons. The molecule has 0 aromatic carbocycles. The van der Waals surface area contributed by atoms with E-state index in [1.54, 1.807) is 0 Å². The second-order valence-electron chi connectivity index (χ2n) is 1.46. The number of hydrogen-bond donors (Lipinski definition) is 0. The van der Waals surface area contributed by atoms with E-state index >= 15 is 0 Å². The molecular weight excluding hydrogens is 358 g/mol. The average molecular weight is 371 g/mol. The zero-order chi connectivity index (χ0) is 4.99. The van der Waals surface area contributed by atoms with Crippen LogP contribution in [-0.2, 0) is 98.1 Å². The van der Waals surface area contributed by atoms with Crippen molar-refractivity contribution in [2.24, 2.45) is 0 Å². The normalized spacial score (nSPS) is 6.56. The Bertz CT molecular complexity index is 50.2. The number of hydrogen-bond acceptors (Lipinski definition) is 0. The summed E-state index contributed by atoms with van der Waals surface area (Å²) in [6.45, 7) is 4.43. The third-order valence-corrected chi connectivity index (χ3v) is 3.00. The van der Waals surface area contributed by atoms with E-state index in [0.29, 0.717) is 0 Å². The zero-order valence-electron chi connectivity index (χ0n) is 6.35. The summed E-state index contributed by atoms with van der Waals surface area (Å²) in [6, 6.07) is 0. The monoisotopic (exact) mass is 371 g/mol. The van der Waals surface area contributed by atoms with Gasteiger partial charge < -0.3 is 0 Å². The van der Waals surface area contributed by atoms with E-state index in [9.17, 15) is 0 Å². The molecule has 0 fully saturated rings. The molecule has 0 saturated carbocycles. The molecule has 4 heteroatoms. The van der Waals surface area contributed by atoms with Gasteiger partial charge in [0.2, 0.25) is 0 Å². The molecule has 0 spiro atoms. The molecule has 0 aromatic rings. The first-order valence-electron chi connectivity index (χ1n) is 2.47. The standard InChI is InChI=1S/C5H13P.3Y/c1-4-6(3)5-2;;;/h6H,3-5H2,1-2H3;;;. The van der Waals surface area contributed by atoms with Crippen molar-refractivity contribution in [2.75, 3.05) is 12.3 Å². The maximum atomic E-state index is 3.98. The molecule has 0 nitrogen and oxygen atoms in total. The van der Waals surface area contributed by atoms with E-state index in [4.69, 9.17) is 0 Å². The molecule has 9 heavy (non-hydrogen) atoms. The summed E-state index contributed by atoms with van der Waals surface area (Å²) in [4.78, 5) is 0. The van der Waals surface area contributed by atoms with Gasteiger partial charge in [-0.15, -0.1) is 13.8 Å². The van der Waals surface area contributed by atoms with Crippen LogP contribution in [0.2, 0.25) is 0 Å². The third kappa shape index (κ3) is 18.5. The van der Waals surface area contributed by atoms with Crippen LogP contribution < -0.4 is 0 Å². The molecule has 47 valence electrons. The van der Waals surface area contributed by atoms with Crippen LogP contribution in [-0.4, -0.2) is 18.6 Å². The van der Waals surface area contributed by atoms with Crippen LogP contribution in [0.1, 0.15) is 13.8 Å². The molecule has 0 aliphatic carbocycles. The Labute approximate surface area is 135 Å². The minimum absolute atomic E-state index is 0. The van der Waals surface area contributed by atoms with Crippen molar-refractivity contribution in [1.82, 2.24) is 0 Å². The molecule has 0 bridgehead atoms. The minimum Gasteiger partial charge on any atom is -0.125 e. The Morgan fingerprint density at radius 3 is 1.22 bits per heavy atom. The molecule has 0 heterocycles. The first kappa shape index (κ1) is 22.9. The molecule has 0 N–H and O–H groups in total. The topological polar surface area (TPSA) is 0 Å². The van der Waals surface area contributed by atoms with Gasteiger partial charge in [-0.2, -0.15) is 0 Å². The third-order valence-electron chi connectivity index (χ3n) is 1.000. The summed E-state index contributed by atoms with van der Waals surface area (Å²) >= 11 is 0. The summed E-state index contributed by atoms with van der Waals surface area (Å²) in [6.07, 6.45) is 6.62. The van der Waals surface area contributed by atoms with Crippen LogP contribution >= 0.6 is 7.55 Å². The summed E-state index contributed by atoms with van der Waals surface area (Å²) < 4.78 is 0. The molecule has 0 saturated heterocycles. The quantitative estimate of drug-likeness (QED) is 0.649. The van der Waals surface area contributed by atoms with Crippen molar-refractivity contribution >= 4 is 13.8 Å². The maximum absolute atomic E-state index is 3.98. The summed E-state index contributed by atoms with van der Waals surface area (Å²) in [7, 11) is -0.118. The molecule has 0 unspecified atom stereocenters. The van der Waals surface area contributed by atoms with Crippen LogP contribution in [0.4, 0.5) is 0 Å². The van der Waals surface area contributed by atoms with Crippen molar-refractivity contribution in [1.29, 1.82) is 0 Å². The van der Waals surface area contributed by atoms with Gasteiger partial charge in [0.1, 0.15) is 0 Å². The van der Waals surface area contributed by atoms with Crippen LogP contribution in [0.3, 0.4) is 0 Å². The Hall–Kier alpha value is 3.61. The molecule has 0 atom stereocenters. The predicted octanol–water partition coefficient (Wildman–Crippen LogP) is 1.66. The molecule has 0 aliphatic rings. The molecule has 0 aliphatic heterocycles. The van der Waals surface area contributed by atoms with E-state index in [2.05, 4.69) is 20.1 Å². The molecular formula is C5H13PY3. The SMILES string of the molecule is C=[PH](CC)CC.[Y].[Y].[Y]. The van der Waals surface area contributed by atoms with Crippen molar-refractivity contribution in [3.63, 3.8) is 0 Å². The summed E-state index contributed by atoms with van der Waals surface area (Å²) in [5, 5.41) is 0. The van der Waals surface area contributed by atoms with Crippen LogP contribution in [0.25, 0.3) is 0 Å². The van der Waals surface area contributed by atoms with Gasteiger partial charge in [0, 0.05) is 98.1 Å². The number of rotatable bonds is 2. The van der Waals surface area contributed by atoms with Gasteiger partial charge in [0.05, 0.1) is 0 Å². The fourth-order valence-corrected chi connectivity index (χ4v) is 0.750. The largest absolute Gasteiger partial charge is 0.125 e. The van der Waals surface area contributed by atoms with E-state index in [1.807, 2.05) is 0 Å². The van der Waals surface area contributed by atoms with Gasteiger partial charge in [-0.3, -0.25) is 0 Å². The van der Waals surface area contributed by atoms with E-state index in [-0.39, 0.29) is 106 Å². The predicted molar refractivity (Wildman–Crippen MR) is 36.5 cm³/mol. The van der Waals surface area contributed by atoms with Crippen LogP contribution in [0, 0.1) is 0 Å². The minimum atomic E-state index is -0.118. The average Bonchev–Trinajstić information content (AvgIpc) is 1.65. The Morgan fingerprint density at radius 2 is 1.22 bits per heavy atom. The Kier molecular flexibility index (Phi) is 44.9. The Balaban J connectivity index is -0.0000000417. The van der Waals surface area contributed by atoms with Crippen LogP contribution in [0.15, 0.2) is 0 Å². The van der Waals surface area contributed by atoms with Gasteiger partial charge in [-0.1, -0.05) is 13.8 Å². The summed E-state index contributed by atoms with van der Waals surface area (Å²) in [5.41, 5.74) is 0. The second kappa shape index (κ2) is 17.6. The first-order chi connectivity index (χ1) is 2.81. The fraction of sp³-hybridized carbons (Fsp3) is 0.800. The van der Waals surface area contributed by atoms with Gasteiger partial charge in [0.25, 0.3) is 0 Å². The zero-order valence-corrected chi connectivity index (χ0v) is 15.9. The molecule has 0 aromatic heterocycles. The summed E-state index contributed by atoms with van der Waals surface area (Å²) in [5.74, 6) is 0. The van der Waals surface area contributed by atoms with Crippen LogP contribution in [0.5, 0.6) is 0 Å². The van der Waals surface area contributed by atoms with Crippen molar-refractivity contribution < 1.29 is 98.1 Å². The van der Waals surface area contributed by atoms with Gasteiger partial charge in [0.15, 0.2) is 0 Å². The Morgan fingerprint density at radius 1 is 1.00 bits per heavy atom. The van der Waals surface area contributed by atoms with E-state index in [0.717, 1.165) is 0 Å². The second-order valence-corrected chi connectivity index (χ2v) is 4.37. The van der Waals surface area contributed by atoms with Crippen molar-refractivity contribution in [2.45, 2.75) is 13.8 Å². The molecule has 0 amide bonds. The van der Waals surface area contributed by atoms with E-state index in [1.165, 1.54) is 12.3 Å².